The number of benzene rings is 1. The van der Waals surface area contributed by atoms with Gasteiger partial charge in [-0.2, -0.15) is 18.2 Å². The smallest absolute Gasteiger partial charge is 0.422 e. The molecule has 0 atom stereocenters. The minimum absolute atomic E-state index is 0.0170. The molecule has 0 fully saturated rings. The molecule has 3 heterocycles. The van der Waals surface area contributed by atoms with E-state index in [2.05, 4.69) is 26.8 Å². The highest BCUT2D eigenvalue weighted by Gasteiger charge is 2.31. The number of ether oxygens (including phenoxy) is 1. The first-order chi connectivity index (χ1) is 19.9. The number of fused-ring (bicyclic) bond motifs is 1. The third-order valence-corrected chi connectivity index (χ3v) is 6.21. The summed E-state index contributed by atoms with van der Waals surface area (Å²) in [6.07, 6.45) is -0.557. The molecule has 1 amide bonds. The van der Waals surface area contributed by atoms with Crippen LogP contribution >= 0.6 is 0 Å². The van der Waals surface area contributed by atoms with Crippen molar-refractivity contribution in [2.24, 2.45) is 7.05 Å². The minimum Gasteiger partial charge on any atom is -0.466 e. The Balaban J connectivity index is 1.82. The SMILES string of the molecule is C=CC(=O)Nc1cc(N(F)c2nccc(-c3cn(C)c4ccccc34)n2)c(OCC(F)(F)F)nc1N(C)CCN(C)C. The molecule has 4 rings (SSSR count). The average molecular weight is 587 g/mol. The van der Waals surface area contributed by atoms with Crippen LogP contribution in [-0.2, 0) is 11.8 Å². The number of pyridine rings is 1. The minimum atomic E-state index is -4.72. The van der Waals surface area contributed by atoms with Crippen molar-refractivity contribution in [2.45, 2.75) is 6.18 Å². The molecular formula is C28H30F4N8O2. The molecule has 0 unspecified atom stereocenters. The normalized spacial score (nSPS) is 11.5. The highest BCUT2D eigenvalue weighted by Crippen LogP contribution is 2.39. The Bertz CT molecular complexity index is 1590. The van der Waals surface area contributed by atoms with E-state index in [-0.39, 0.29) is 16.6 Å². The number of halogens is 4. The summed E-state index contributed by atoms with van der Waals surface area (Å²) >= 11 is 0. The molecule has 222 valence electrons. The number of aromatic nitrogens is 4. The summed E-state index contributed by atoms with van der Waals surface area (Å²) in [5.74, 6) is -1.72. The van der Waals surface area contributed by atoms with Crippen LogP contribution < -0.4 is 20.1 Å². The van der Waals surface area contributed by atoms with Gasteiger partial charge in [-0.05, 0) is 38.4 Å². The second kappa shape index (κ2) is 12.4. The van der Waals surface area contributed by atoms with E-state index < -0.39 is 36.2 Å². The number of aryl methyl sites for hydroxylation is 1. The fourth-order valence-corrected chi connectivity index (χ4v) is 4.14. The number of hydrogen-bond acceptors (Lipinski definition) is 8. The van der Waals surface area contributed by atoms with E-state index in [1.165, 1.54) is 6.20 Å². The first-order valence-corrected chi connectivity index (χ1v) is 12.7. The van der Waals surface area contributed by atoms with E-state index in [0.717, 1.165) is 23.0 Å². The number of nitrogens with zero attached hydrogens (tertiary/aromatic N) is 7. The molecular weight excluding hydrogens is 556 g/mol. The topological polar surface area (TPSA) is 91.6 Å². The van der Waals surface area contributed by atoms with Crippen molar-refractivity contribution in [1.82, 2.24) is 24.4 Å². The molecule has 0 radical (unpaired) electrons. The van der Waals surface area contributed by atoms with E-state index in [4.69, 9.17) is 4.74 Å². The van der Waals surface area contributed by atoms with Crippen molar-refractivity contribution in [1.29, 1.82) is 0 Å². The fourth-order valence-electron chi connectivity index (χ4n) is 4.14. The molecule has 10 nitrogen and oxygen atoms in total. The van der Waals surface area contributed by atoms with Crippen LogP contribution in [0, 0.1) is 0 Å². The number of para-hydroxylation sites is 1. The Morgan fingerprint density at radius 2 is 1.88 bits per heavy atom. The fraction of sp³-hybridized carbons (Fsp3) is 0.286. The number of nitrogens with one attached hydrogen (secondary N) is 1. The summed E-state index contributed by atoms with van der Waals surface area (Å²) in [5.41, 5.74) is 1.48. The zero-order valence-electron chi connectivity index (χ0n) is 23.5. The molecule has 0 bridgehead atoms. The monoisotopic (exact) mass is 586 g/mol. The number of likely N-dealkylation sites (N-methyl/N-ethyl adjacent to an activating group) is 2. The molecule has 0 saturated carbocycles. The molecule has 3 aromatic heterocycles. The van der Waals surface area contributed by atoms with Gasteiger partial charge in [-0.3, -0.25) is 4.79 Å². The molecule has 0 aliphatic carbocycles. The van der Waals surface area contributed by atoms with Crippen LogP contribution in [-0.4, -0.2) is 77.3 Å². The lowest BCUT2D eigenvalue weighted by atomic mass is 10.1. The number of alkyl halides is 3. The number of hydrogen-bond donors (Lipinski definition) is 1. The van der Waals surface area contributed by atoms with Crippen molar-refractivity contribution in [3.63, 3.8) is 0 Å². The lowest BCUT2D eigenvalue weighted by molar-refractivity contribution is -0.154. The molecule has 0 aliphatic heterocycles. The average Bonchev–Trinajstić information content (AvgIpc) is 3.30. The van der Waals surface area contributed by atoms with E-state index in [9.17, 15) is 18.0 Å². The number of anilines is 4. The van der Waals surface area contributed by atoms with E-state index in [1.807, 2.05) is 61.1 Å². The van der Waals surface area contributed by atoms with E-state index in [0.29, 0.717) is 24.3 Å². The van der Waals surface area contributed by atoms with Crippen LogP contribution in [0.25, 0.3) is 22.2 Å². The van der Waals surface area contributed by atoms with E-state index in [1.54, 1.807) is 18.0 Å². The first-order valence-electron chi connectivity index (χ1n) is 12.7. The van der Waals surface area contributed by atoms with Crippen LogP contribution in [0.5, 0.6) is 5.88 Å². The highest BCUT2D eigenvalue weighted by atomic mass is 19.4. The molecule has 0 aliphatic rings. The van der Waals surface area contributed by atoms with Gasteiger partial charge in [-0.15, -0.1) is 5.12 Å². The Kier molecular flexibility index (Phi) is 8.95. The number of rotatable bonds is 11. The van der Waals surface area contributed by atoms with Gasteiger partial charge >= 0.3 is 6.18 Å². The van der Waals surface area contributed by atoms with Gasteiger partial charge in [0.2, 0.25) is 11.8 Å². The quantitative estimate of drug-likeness (QED) is 0.147. The molecule has 1 aromatic carbocycles. The predicted molar refractivity (Wildman–Crippen MR) is 154 cm³/mol. The third kappa shape index (κ3) is 6.94. The summed E-state index contributed by atoms with van der Waals surface area (Å²) in [7, 11) is 7.18. The lowest BCUT2D eigenvalue weighted by Crippen LogP contribution is -2.30. The first kappa shape index (κ1) is 30.2. The summed E-state index contributed by atoms with van der Waals surface area (Å²) in [6, 6.07) is 10.3. The van der Waals surface area contributed by atoms with Gasteiger partial charge < -0.3 is 24.4 Å². The Labute approximate surface area is 239 Å². The molecule has 4 aromatic rings. The predicted octanol–water partition coefficient (Wildman–Crippen LogP) is 5.12. The van der Waals surface area contributed by atoms with Gasteiger partial charge in [0.05, 0.1) is 11.4 Å². The van der Waals surface area contributed by atoms with Crippen molar-refractivity contribution >= 4 is 40.0 Å². The summed E-state index contributed by atoms with van der Waals surface area (Å²) in [5, 5.41) is 3.38. The van der Waals surface area contributed by atoms with Gasteiger partial charge in [-0.25, -0.2) is 9.97 Å². The molecule has 1 N–H and O–H groups in total. The zero-order chi connectivity index (χ0) is 30.6. The standard InChI is InChI=1S/C28H30F4N8O2/c1-6-24(41)34-21-15-23(26(42-17-28(29,30)31)36-25(21)38(4)14-13-37(2)3)40(32)27-33-12-11-20(35-27)19-16-39(5)22-10-8-7-9-18(19)22/h6-12,15-16H,1,13-14,17H2,2-5H3,(H,34,41). The van der Waals surface area contributed by atoms with Crippen LogP contribution in [0.3, 0.4) is 0 Å². The maximum Gasteiger partial charge on any atom is 0.422 e. The second-order valence-electron chi connectivity index (χ2n) is 9.70. The van der Waals surface area contributed by atoms with E-state index >= 15 is 4.48 Å². The second-order valence-corrected chi connectivity index (χ2v) is 9.70. The van der Waals surface area contributed by atoms with Gasteiger partial charge in [0, 0.05) is 56.0 Å². The van der Waals surface area contributed by atoms with Crippen LogP contribution in [0.1, 0.15) is 0 Å². The maximum atomic E-state index is 16.1. The summed E-state index contributed by atoms with van der Waals surface area (Å²) in [6.45, 7) is 2.63. The van der Waals surface area contributed by atoms with Crippen molar-refractivity contribution in [3.8, 4) is 17.1 Å². The summed E-state index contributed by atoms with van der Waals surface area (Å²) in [4.78, 5) is 28.3. The zero-order valence-corrected chi connectivity index (χ0v) is 23.5. The highest BCUT2D eigenvalue weighted by molar-refractivity contribution is 6.01. The molecule has 14 heteroatoms. The van der Waals surface area contributed by atoms with Gasteiger partial charge in [0.15, 0.2) is 12.4 Å². The van der Waals surface area contributed by atoms with Crippen molar-refractivity contribution < 1.29 is 27.2 Å². The van der Waals surface area contributed by atoms with Crippen LogP contribution in [0.2, 0.25) is 0 Å². The molecule has 42 heavy (non-hydrogen) atoms. The van der Waals surface area contributed by atoms with Crippen LogP contribution in [0.4, 0.5) is 40.8 Å². The molecule has 0 spiro atoms. The maximum absolute atomic E-state index is 16.1. The summed E-state index contributed by atoms with van der Waals surface area (Å²) < 4.78 is 62.5. The van der Waals surface area contributed by atoms with Gasteiger partial charge in [-0.1, -0.05) is 29.3 Å². The Morgan fingerprint density at radius 1 is 1.14 bits per heavy atom. The van der Waals surface area contributed by atoms with Gasteiger partial charge in [0.1, 0.15) is 5.69 Å². The number of amides is 1. The van der Waals surface area contributed by atoms with Crippen LogP contribution in [0.15, 0.2) is 61.4 Å². The Morgan fingerprint density at radius 3 is 2.57 bits per heavy atom. The third-order valence-electron chi connectivity index (χ3n) is 6.21. The lowest BCUT2D eigenvalue weighted by Gasteiger charge is -2.25. The molecule has 0 saturated heterocycles. The van der Waals surface area contributed by atoms with Crippen molar-refractivity contribution in [2.75, 3.05) is 56.2 Å². The number of carbonyl (C=O) groups excluding carboxylic acids is 1. The van der Waals surface area contributed by atoms with Crippen molar-refractivity contribution in [3.05, 3.63) is 61.4 Å². The largest absolute Gasteiger partial charge is 0.466 e. The van der Waals surface area contributed by atoms with Gasteiger partial charge in [0.25, 0.3) is 5.95 Å². The Hall–Kier alpha value is -4.72. The number of carbonyl (C=O) groups is 1.